The first-order chi connectivity index (χ1) is 33.9. The van der Waals surface area contributed by atoms with Crippen molar-refractivity contribution in [1.82, 2.24) is 25.5 Å². The van der Waals surface area contributed by atoms with Gasteiger partial charge in [0, 0.05) is 41.3 Å². The fraction of sp³-hybridized carbons (Fsp3) is 0.407. The van der Waals surface area contributed by atoms with Crippen LogP contribution in [0.4, 0.5) is 9.18 Å². The third-order valence-corrected chi connectivity index (χ3v) is 14.0. The van der Waals surface area contributed by atoms with E-state index in [9.17, 15) is 38.7 Å². The highest BCUT2D eigenvalue weighted by Crippen LogP contribution is 2.47. The van der Waals surface area contributed by atoms with Crippen molar-refractivity contribution in [2.75, 3.05) is 13.2 Å². The van der Waals surface area contributed by atoms with Gasteiger partial charge in [0.15, 0.2) is 11.4 Å². The summed E-state index contributed by atoms with van der Waals surface area (Å²) in [6.45, 7) is 7.85. The van der Waals surface area contributed by atoms with Crippen molar-refractivity contribution < 1.29 is 52.5 Å². The molecule has 4 heterocycles. The van der Waals surface area contributed by atoms with E-state index >= 15 is 4.39 Å². The van der Waals surface area contributed by atoms with Crippen molar-refractivity contribution in [3.05, 3.63) is 121 Å². The van der Waals surface area contributed by atoms with E-state index in [-0.39, 0.29) is 80.3 Å². The lowest BCUT2D eigenvalue weighted by Gasteiger charge is -2.31. The topological polar surface area (TPSA) is 221 Å². The van der Waals surface area contributed by atoms with Crippen LogP contribution in [-0.4, -0.2) is 75.1 Å². The summed E-state index contributed by atoms with van der Waals surface area (Å²) in [5.74, 6) is -3.70. The summed E-state index contributed by atoms with van der Waals surface area (Å²) in [4.78, 5) is 98.4. The zero-order valence-electron chi connectivity index (χ0n) is 40.3. The summed E-state index contributed by atoms with van der Waals surface area (Å²) in [5.41, 5.74) is 4.34. The standard InChI is InChI=1S/C54H56FN5O11/c1-6-54(68)38-21-43-48-35(25-60(43)50(65)37(38)27-69-51(54)66)47-40(20-19-30-28(2)39(55)22-41(58-48)46(30)47)59-49(64)42(23-45(63)71-53(3,4)5)57-44(62)18-12-7-13-29(61)24-56-52(67)70-26-36-33-16-10-8-14-31(33)32-15-9-11-17-34(32)36/h8-11,14-17,21-22,36,40,42,68H,6-7,12-13,18-20,23-27H2,1-5H3,(H,56,67)(H,57,62)(H,59,64)/t40-,42-,54-/m0/s1. The first kappa shape index (κ1) is 48.7. The Morgan fingerprint density at radius 1 is 0.972 bits per heavy atom. The number of carbonyl (C=O) groups is 6. The number of benzene rings is 3. The minimum atomic E-state index is -2.07. The molecule has 0 fully saturated rings. The number of aliphatic hydroxyl groups is 1. The van der Waals surface area contributed by atoms with E-state index in [1.165, 1.54) is 10.6 Å². The van der Waals surface area contributed by atoms with Gasteiger partial charge in [0.2, 0.25) is 11.8 Å². The third-order valence-electron chi connectivity index (χ3n) is 14.0. The molecular weight excluding hydrogens is 914 g/mol. The lowest BCUT2D eigenvalue weighted by atomic mass is 9.81. The molecule has 4 N–H and O–H groups in total. The van der Waals surface area contributed by atoms with Gasteiger partial charge in [0.25, 0.3) is 5.56 Å². The lowest BCUT2D eigenvalue weighted by molar-refractivity contribution is -0.172. The molecule has 2 aliphatic heterocycles. The van der Waals surface area contributed by atoms with Crippen LogP contribution in [0.2, 0.25) is 0 Å². The second-order valence-electron chi connectivity index (χ2n) is 19.7. The van der Waals surface area contributed by atoms with Gasteiger partial charge in [-0.25, -0.2) is 19.0 Å². The molecule has 0 radical (unpaired) electrons. The van der Waals surface area contributed by atoms with Gasteiger partial charge >= 0.3 is 18.0 Å². The van der Waals surface area contributed by atoms with Crippen LogP contribution in [-0.2, 0) is 63.4 Å². The van der Waals surface area contributed by atoms with Gasteiger partial charge in [0.1, 0.15) is 30.7 Å². The average Bonchev–Trinajstić information content (AvgIpc) is 3.87. The number of hydrogen-bond acceptors (Lipinski definition) is 12. The molecule has 4 aliphatic rings. The number of hydrogen-bond donors (Lipinski definition) is 4. The van der Waals surface area contributed by atoms with Crippen LogP contribution in [0, 0.1) is 12.7 Å². The van der Waals surface area contributed by atoms with Crippen LogP contribution in [0.15, 0.2) is 65.5 Å². The van der Waals surface area contributed by atoms with Crippen molar-refractivity contribution in [1.29, 1.82) is 0 Å². The number of ketones is 1. The number of esters is 2. The number of ether oxygens (including phenoxy) is 3. The number of fused-ring (bicyclic) bond motifs is 8. The Labute approximate surface area is 408 Å². The highest BCUT2D eigenvalue weighted by atomic mass is 19.1. The molecule has 2 aromatic heterocycles. The fourth-order valence-electron chi connectivity index (χ4n) is 10.5. The van der Waals surface area contributed by atoms with Gasteiger partial charge < -0.3 is 39.8 Å². The van der Waals surface area contributed by atoms with E-state index in [0.29, 0.717) is 58.3 Å². The predicted molar refractivity (Wildman–Crippen MR) is 257 cm³/mol. The minimum Gasteiger partial charge on any atom is -0.460 e. The Balaban J connectivity index is 0.862. The maximum atomic E-state index is 15.5. The Hall–Kier alpha value is -7.27. The number of amides is 3. The molecule has 0 saturated heterocycles. The monoisotopic (exact) mass is 969 g/mol. The highest BCUT2D eigenvalue weighted by Gasteiger charge is 2.46. The number of nitrogens with one attached hydrogen (secondary N) is 3. The van der Waals surface area contributed by atoms with Gasteiger partial charge in [-0.2, -0.15) is 0 Å². The summed E-state index contributed by atoms with van der Waals surface area (Å²) >= 11 is 0. The number of unbranched alkanes of at least 4 members (excludes halogenated alkanes) is 1. The first-order valence-corrected chi connectivity index (χ1v) is 24.1. The lowest BCUT2D eigenvalue weighted by Crippen LogP contribution is -2.49. The number of cyclic esters (lactones) is 1. The maximum Gasteiger partial charge on any atom is 0.407 e. The molecule has 0 spiro atoms. The predicted octanol–water partition coefficient (Wildman–Crippen LogP) is 6.52. The van der Waals surface area contributed by atoms with Gasteiger partial charge in [-0.05, 0) is 105 Å². The van der Waals surface area contributed by atoms with Gasteiger partial charge in [-0.3, -0.25) is 24.0 Å². The molecular formula is C54H56FN5O11. The fourth-order valence-corrected chi connectivity index (χ4v) is 10.5. The van der Waals surface area contributed by atoms with Crippen molar-refractivity contribution in [2.45, 2.75) is 128 Å². The summed E-state index contributed by atoms with van der Waals surface area (Å²) in [6, 6.07) is 16.7. The molecule has 2 aliphatic carbocycles. The van der Waals surface area contributed by atoms with E-state index in [1.54, 1.807) is 40.7 Å². The number of rotatable bonds is 15. The average molecular weight is 970 g/mol. The van der Waals surface area contributed by atoms with E-state index in [2.05, 4.69) is 16.0 Å². The molecule has 3 aromatic carbocycles. The van der Waals surface area contributed by atoms with Crippen molar-refractivity contribution in [3.63, 3.8) is 0 Å². The van der Waals surface area contributed by atoms with Crippen molar-refractivity contribution >= 4 is 46.5 Å². The number of nitrogens with zero attached hydrogens (tertiary/aromatic N) is 2. The van der Waals surface area contributed by atoms with Crippen molar-refractivity contribution in [2.24, 2.45) is 0 Å². The summed E-state index contributed by atoms with van der Waals surface area (Å²) in [6.07, 6.45) is -0.0602. The number of Topliss-reactive ketones (excluding diaryl/α,β-unsaturated/α-hetero) is 1. The minimum absolute atomic E-state index is 0.0157. The van der Waals surface area contributed by atoms with E-state index in [0.717, 1.165) is 22.3 Å². The molecule has 370 valence electrons. The largest absolute Gasteiger partial charge is 0.460 e. The van der Waals surface area contributed by atoms with Crippen LogP contribution < -0.4 is 21.5 Å². The molecule has 3 amide bonds. The molecule has 9 rings (SSSR count). The normalized spacial score (nSPS) is 17.7. The van der Waals surface area contributed by atoms with Gasteiger partial charge in [-0.15, -0.1) is 0 Å². The summed E-state index contributed by atoms with van der Waals surface area (Å²) < 4.78 is 33.3. The molecule has 0 unspecified atom stereocenters. The Morgan fingerprint density at radius 3 is 2.35 bits per heavy atom. The number of alkyl carbamates (subject to hydrolysis) is 1. The number of pyridine rings is 2. The molecule has 17 heteroatoms. The second kappa shape index (κ2) is 19.1. The molecule has 3 atom stereocenters. The number of aryl methyl sites for hydroxylation is 1. The Kier molecular flexibility index (Phi) is 13.1. The van der Waals surface area contributed by atoms with E-state index < -0.39 is 70.9 Å². The zero-order valence-corrected chi connectivity index (χ0v) is 40.3. The number of halogens is 1. The SMILES string of the molecule is CC[C@@]1(O)C(=O)OCc2c1cc1n(c2=O)Cc2c-1nc1cc(F)c(C)c3c1c2[C@@H](NC(=O)[C@H](CC(=O)OC(C)(C)C)NC(=O)CCCCC(=O)CNC(=O)OCC1c2ccccc2-c2ccccc21)CC3. The Morgan fingerprint density at radius 2 is 1.66 bits per heavy atom. The smallest absolute Gasteiger partial charge is 0.407 e. The molecule has 0 saturated carbocycles. The first-order valence-electron chi connectivity index (χ1n) is 24.1. The number of carbonyl (C=O) groups excluding carboxylic acids is 6. The summed E-state index contributed by atoms with van der Waals surface area (Å²) in [5, 5.41) is 20.3. The van der Waals surface area contributed by atoms with Crippen LogP contribution >= 0.6 is 0 Å². The highest BCUT2D eigenvalue weighted by molar-refractivity contribution is 5.96. The van der Waals surface area contributed by atoms with Crippen LogP contribution in [0.25, 0.3) is 33.4 Å². The second-order valence-corrected chi connectivity index (χ2v) is 19.7. The quantitative estimate of drug-likeness (QED) is 0.0491. The number of aromatic nitrogens is 2. The van der Waals surface area contributed by atoms with Crippen LogP contribution in [0.1, 0.15) is 129 Å². The Bertz CT molecular complexity index is 3080. The van der Waals surface area contributed by atoms with Crippen LogP contribution in [0.3, 0.4) is 0 Å². The molecule has 71 heavy (non-hydrogen) atoms. The van der Waals surface area contributed by atoms with Crippen molar-refractivity contribution in [3.8, 4) is 22.5 Å². The van der Waals surface area contributed by atoms with E-state index in [1.807, 2.05) is 48.5 Å². The van der Waals surface area contributed by atoms with Gasteiger partial charge in [0.05, 0.1) is 48.0 Å². The van der Waals surface area contributed by atoms with E-state index in [4.69, 9.17) is 19.2 Å². The molecule has 0 bridgehead atoms. The molecule has 16 nitrogen and oxygen atoms in total. The summed E-state index contributed by atoms with van der Waals surface area (Å²) in [7, 11) is 0. The van der Waals surface area contributed by atoms with Crippen LogP contribution in [0.5, 0.6) is 0 Å². The zero-order chi connectivity index (χ0) is 50.5. The van der Waals surface area contributed by atoms with Gasteiger partial charge in [-0.1, -0.05) is 55.5 Å². The third kappa shape index (κ3) is 9.30. The maximum absolute atomic E-state index is 15.5. The molecule has 5 aromatic rings.